The third-order valence-electron chi connectivity index (χ3n) is 5.92. The van der Waals surface area contributed by atoms with E-state index in [1.165, 1.54) is 11.1 Å². The van der Waals surface area contributed by atoms with Gasteiger partial charge in [0.15, 0.2) is 0 Å². The van der Waals surface area contributed by atoms with Crippen molar-refractivity contribution in [3.05, 3.63) is 64.2 Å². The second-order valence-corrected chi connectivity index (χ2v) is 8.71. The Morgan fingerprint density at radius 3 is 2.97 bits per heavy atom. The zero-order valence-electron chi connectivity index (χ0n) is 17.5. The normalized spacial score (nSPS) is 22.1. The van der Waals surface area contributed by atoms with Crippen molar-refractivity contribution in [1.29, 1.82) is 0 Å². The van der Waals surface area contributed by atoms with Crippen LogP contribution in [-0.2, 0) is 22.4 Å². The Kier molecular flexibility index (Phi) is 7.58. The first-order valence-electron chi connectivity index (χ1n) is 10.8. The number of aliphatic hydroxyl groups is 1. The highest BCUT2D eigenvalue weighted by molar-refractivity contribution is 6.30. The van der Waals surface area contributed by atoms with Gasteiger partial charge in [-0.05, 0) is 66.3 Å². The Hall–Kier alpha value is -1.96. The van der Waals surface area contributed by atoms with Gasteiger partial charge >= 0.3 is 0 Å². The van der Waals surface area contributed by atoms with Gasteiger partial charge in [0.05, 0.1) is 25.8 Å². The summed E-state index contributed by atoms with van der Waals surface area (Å²) in [5, 5.41) is 14.4. The topological polar surface area (TPSA) is 71.0 Å². The number of nitrogens with zero attached hydrogens (tertiary/aromatic N) is 1. The Morgan fingerprint density at radius 2 is 2.13 bits per heavy atom. The molecule has 166 valence electrons. The third kappa shape index (κ3) is 6.05. The van der Waals surface area contributed by atoms with Crippen molar-refractivity contribution in [2.45, 2.75) is 25.2 Å². The first-order valence-corrected chi connectivity index (χ1v) is 11.2. The molecule has 4 rings (SSSR count). The number of carbonyl (C=O) groups is 1. The summed E-state index contributed by atoms with van der Waals surface area (Å²) in [7, 11) is 0. The summed E-state index contributed by atoms with van der Waals surface area (Å²) in [5.74, 6) is 1.30. The molecule has 0 radical (unpaired) electrons. The van der Waals surface area contributed by atoms with Gasteiger partial charge in [-0.25, -0.2) is 0 Å². The summed E-state index contributed by atoms with van der Waals surface area (Å²) in [6.45, 7) is 3.67. The van der Waals surface area contributed by atoms with Crippen LogP contribution in [0.25, 0.3) is 0 Å². The molecular weight excluding hydrogens is 416 g/mol. The van der Waals surface area contributed by atoms with E-state index in [9.17, 15) is 9.90 Å². The lowest BCUT2D eigenvalue weighted by Crippen LogP contribution is -2.45. The molecular formula is C24H29ClN2O4. The lowest BCUT2D eigenvalue weighted by Gasteiger charge is -2.31. The van der Waals surface area contributed by atoms with Crippen molar-refractivity contribution in [3.8, 4) is 5.75 Å². The van der Waals surface area contributed by atoms with E-state index in [1.54, 1.807) is 12.1 Å². The fourth-order valence-corrected chi connectivity index (χ4v) is 4.52. The molecule has 1 fully saturated rings. The highest BCUT2D eigenvalue weighted by atomic mass is 35.5. The number of hydrogen-bond acceptors (Lipinski definition) is 6. The van der Waals surface area contributed by atoms with E-state index in [4.69, 9.17) is 21.1 Å². The van der Waals surface area contributed by atoms with Gasteiger partial charge in [-0.2, -0.15) is 0 Å². The molecule has 0 amide bonds. The van der Waals surface area contributed by atoms with Crippen LogP contribution in [0.2, 0.25) is 5.02 Å². The zero-order valence-corrected chi connectivity index (χ0v) is 18.3. The van der Waals surface area contributed by atoms with Gasteiger partial charge in [-0.3, -0.25) is 4.90 Å². The van der Waals surface area contributed by atoms with Crippen LogP contribution in [0.1, 0.15) is 22.8 Å². The Morgan fingerprint density at radius 1 is 1.26 bits per heavy atom. The summed E-state index contributed by atoms with van der Waals surface area (Å²) < 4.78 is 11.7. The summed E-state index contributed by atoms with van der Waals surface area (Å²) in [5.41, 5.74) is 3.48. The van der Waals surface area contributed by atoms with Gasteiger partial charge in [-0.1, -0.05) is 29.8 Å². The molecule has 2 aliphatic rings. The number of ether oxygens (including phenoxy) is 2. The highest BCUT2D eigenvalue weighted by Crippen LogP contribution is 2.30. The molecule has 2 aromatic rings. The molecule has 2 N–H and O–H groups in total. The summed E-state index contributed by atoms with van der Waals surface area (Å²) >= 11 is 6.01. The van der Waals surface area contributed by atoms with Crippen LogP contribution in [0.15, 0.2) is 42.5 Å². The summed E-state index contributed by atoms with van der Waals surface area (Å²) in [6.07, 6.45) is 1.99. The van der Waals surface area contributed by atoms with Crippen molar-refractivity contribution in [2.75, 3.05) is 39.3 Å². The summed E-state index contributed by atoms with van der Waals surface area (Å²) in [4.78, 5) is 12.8. The minimum Gasteiger partial charge on any atom is -0.464 e. The molecule has 6 nitrogen and oxygen atoms in total. The molecule has 31 heavy (non-hydrogen) atoms. The van der Waals surface area contributed by atoms with Crippen LogP contribution in [0.4, 0.5) is 0 Å². The predicted molar refractivity (Wildman–Crippen MR) is 119 cm³/mol. The minimum absolute atomic E-state index is 0.349. The number of hydrogen-bond donors (Lipinski definition) is 2. The number of aliphatic hydroxyl groups excluding tert-OH is 1. The second kappa shape index (κ2) is 10.6. The number of nitrogens with one attached hydrogen (secondary N) is 1. The number of carbonyl (C=O) groups excluding carboxylic acids is 1. The fourth-order valence-electron chi connectivity index (χ4n) is 4.32. The lowest BCUT2D eigenvalue weighted by molar-refractivity contribution is -0.134. The second-order valence-electron chi connectivity index (χ2n) is 8.28. The molecule has 0 saturated carbocycles. The van der Waals surface area contributed by atoms with Crippen LogP contribution in [-0.4, -0.2) is 61.9 Å². The van der Waals surface area contributed by atoms with Crippen LogP contribution >= 0.6 is 11.6 Å². The van der Waals surface area contributed by atoms with Crippen LogP contribution in [0, 0.1) is 5.92 Å². The molecule has 1 aliphatic heterocycles. The average Bonchev–Trinajstić information content (AvgIpc) is 3.16. The number of morpholine rings is 1. The highest BCUT2D eigenvalue weighted by Gasteiger charge is 2.24. The molecule has 1 aliphatic carbocycles. The maximum absolute atomic E-state index is 10.7. The Balaban J connectivity index is 1.25. The molecule has 0 bridgehead atoms. The number of halogens is 1. The van der Waals surface area contributed by atoms with E-state index < -0.39 is 6.10 Å². The molecule has 3 unspecified atom stereocenters. The molecule has 1 saturated heterocycles. The Bertz CT molecular complexity index is 894. The maximum atomic E-state index is 10.7. The molecule has 0 spiro atoms. The number of aldehydes is 1. The summed E-state index contributed by atoms with van der Waals surface area (Å²) in [6, 6.07) is 13.6. The Labute approximate surface area is 188 Å². The van der Waals surface area contributed by atoms with Crippen LogP contribution in [0.3, 0.4) is 0 Å². The fraction of sp³-hybridized carbons (Fsp3) is 0.458. The van der Waals surface area contributed by atoms with E-state index >= 15 is 0 Å². The number of fused-ring (bicyclic) bond motifs is 1. The molecule has 0 aromatic heterocycles. The largest absolute Gasteiger partial charge is 0.464 e. The lowest BCUT2D eigenvalue weighted by atomic mass is 10.1. The number of rotatable bonds is 9. The van der Waals surface area contributed by atoms with Gasteiger partial charge in [0.2, 0.25) is 6.29 Å². The standard InChI is InChI=1S/C24H29ClN2O4/c25-21-3-1-2-19(12-21)23(29)15-26-14-17-10-18-4-5-22(13-20(18)11-17)31-24-16-27(6-8-28)7-9-30-24/h1-5,8,12-13,17,23-24,26,29H,6-7,9-11,14-16H2. The van der Waals surface area contributed by atoms with E-state index in [0.29, 0.717) is 37.2 Å². The molecule has 3 atom stereocenters. The number of benzene rings is 2. The van der Waals surface area contributed by atoms with Crippen molar-refractivity contribution in [2.24, 2.45) is 5.92 Å². The van der Waals surface area contributed by atoms with Crippen LogP contribution in [0.5, 0.6) is 5.75 Å². The van der Waals surface area contributed by atoms with Gasteiger partial charge in [0, 0.05) is 18.1 Å². The van der Waals surface area contributed by atoms with Gasteiger partial charge in [0.25, 0.3) is 0 Å². The molecule has 1 heterocycles. The maximum Gasteiger partial charge on any atom is 0.212 e. The molecule has 7 heteroatoms. The van der Waals surface area contributed by atoms with Crippen molar-refractivity contribution in [3.63, 3.8) is 0 Å². The van der Waals surface area contributed by atoms with Crippen molar-refractivity contribution < 1.29 is 19.4 Å². The first-order chi connectivity index (χ1) is 15.1. The van der Waals surface area contributed by atoms with E-state index in [1.807, 2.05) is 23.1 Å². The third-order valence-corrected chi connectivity index (χ3v) is 6.15. The average molecular weight is 445 g/mol. The predicted octanol–water partition coefficient (Wildman–Crippen LogP) is 2.61. The van der Waals surface area contributed by atoms with E-state index in [-0.39, 0.29) is 6.29 Å². The monoisotopic (exact) mass is 444 g/mol. The minimum atomic E-state index is -0.572. The van der Waals surface area contributed by atoms with Crippen LogP contribution < -0.4 is 10.1 Å². The smallest absolute Gasteiger partial charge is 0.212 e. The quantitative estimate of drug-likeness (QED) is 0.579. The zero-order chi connectivity index (χ0) is 21.6. The SMILES string of the molecule is O=CCN1CCOC(Oc2ccc3c(c2)CC(CNCC(O)c2cccc(Cl)c2)C3)C1. The van der Waals surface area contributed by atoms with Gasteiger partial charge < -0.3 is 24.7 Å². The van der Waals surface area contributed by atoms with Crippen molar-refractivity contribution >= 4 is 17.9 Å². The van der Waals surface area contributed by atoms with Crippen molar-refractivity contribution in [1.82, 2.24) is 10.2 Å². The van der Waals surface area contributed by atoms with E-state index in [2.05, 4.69) is 17.4 Å². The van der Waals surface area contributed by atoms with Gasteiger partial charge in [-0.15, -0.1) is 0 Å². The first kappa shape index (κ1) is 22.2. The van der Waals surface area contributed by atoms with E-state index in [0.717, 1.165) is 43.5 Å². The molecule has 2 aromatic carbocycles. The van der Waals surface area contributed by atoms with Gasteiger partial charge in [0.1, 0.15) is 12.0 Å².